The molecule has 0 saturated carbocycles. The van der Waals surface area contributed by atoms with Crippen LogP contribution >= 0.6 is 0 Å². The molecule has 0 spiro atoms. The summed E-state index contributed by atoms with van der Waals surface area (Å²) in [6.45, 7) is 10.2. The summed E-state index contributed by atoms with van der Waals surface area (Å²) in [6, 6.07) is 27.4. The minimum absolute atomic E-state index is 0.0255. The Morgan fingerprint density at radius 2 is 1.03 bits per heavy atom. The van der Waals surface area contributed by atoms with Gasteiger partial charge in [0.1, 0.15) is 64.9 Å². The zero-order valence-corrected chi connectivity index (χ0v) is 47.8. The van der Waals surface area contributed by atoms with E-state index in [2.05, 4.69) is 60.6 Å². The molecule has 24 heteroatoms. The van der Waals surface area contributed by atoms with E-state index in [0.717, 1.165) is 81.8 Å². The first-order chi connectivity index (χ1) is 42.4. The molecule has 4 aromatic carbocycles. The van der Waals surface area contributed by atoms with E-state index in [1.54, 1.807) is 91.4 Å². The number of aliphatic imine (C=N–C) groups is 1. The highest BCUT2D eigenvalue weighted by Crippen LogP contribution is 2.37. The van der Waals surface area contributed by atoms with Gasteiger partial charge in [0.2, 0.25) is 0 Å². The van der Waals surface area contributed by atoms with Crippen molar-refractivity contribution in [2.75, 3.05) is 69.7 Å². The molecule has 88 heavy (non-hydrogen) atoms. The Labute approximate surface area is 501 Å². The molecule has 5 aromatic heterocycles. The summed E-state index contributed by atoms with van der Waals surface area (Å²) in [4.78, 5) is 60.0. The number of nitrogens with zero attached hydrogens (tertiary/aromatic N) is 8. The first-order valence-corrected chi connectivity index (χ1v) is 28.6. The predicted octanol–water partition coefficient (Wildman–Crippen LogP) is 12.8. The van der Waals surface area contributed by atoms with Gasteiger partial charge in [0.15, 0.2) is 5.82 Å². The van der Waals surface area contributed by atoms with Crippen molar-refractivity contribution in [2.24, 2.45) is 4.99 Å². The molecule has 3 aliphatic rings. The standard InChI is InChI=1S/C32H31F3N6O3.C32H29F3N6O3/c2*1-20-18-38-30(39-20)29-17-26(6-7-36-29)44-25-4-5-28-21(13-25)12-22(19-37-28)31(42)40-24-14-23(32(33,34)35)15-27(16-24)43-11-10-41-8-2-3-9-41/h4-7,12-17,19-20H,2-3,8-11,18H2,1H3,(H,38,39)(H,40,42);4-7,12-19H,2-3,8-11H2,1H3,(H,38,39)(H,40,42). The number of hydrogen-bond donors (Lipinski definition) is 4. The van der Waals surface area contributed by atoms with Crippen LogP contribution in [0.25, 0.3) is 33.3 Å². The van der Waals surface area contributed by atoms with Gasteiger partial charge >= 0.3 is 12.4 Å². The molecule has 8 heterocycles. The third-order valence-corrected chi connectivity index (χ3v) is 14.6. The van der Waals surface area contributed by atoms with Crippen LogP contribution in [0.15, 0.2) is 145 Å². The third-order valence-electron chi connectivity index (χ3n) is 14.6. The Morgan fingerprint density at radius 3 is 1.49 bits per heavy atom. The molecule has 0 radical (unpaired) electrons. The lowest BCUT2D eigenvalue weighted by Gasteiger charge is -2.17. The van der Waals surface area contributed by atoms with E-state index in [4.69, 9.17) is 18.9 Å². The number of hydrogen-bond acceptors (Lipinski definition) is 15. The van der Waals surface area contributed by atoms with Crippen LogP contribution in [0.2, 0.25) is 0 Å². The van der Waals surface area contributed by atoms with Crippen LogP contribution in [-0.2, 0) is 12.4 Å². The highest BCUT2D eigenvalue weighted by atomic mass is 19.4. The number of nitrogens with one attached hydrogen (secondary N) is 4. The molecule has 2 fully saturated rings. The molecule has 2 saturated heterocycles. The van der Waals surface area contributed by atoms with Gasteiger partial charge in [-0.05, 0) is 151 Å². The Kier molecular flexibility index (Phi) is 18.1. The van der Waals surface area contributed by atoms with Gasteiger partial charge in [0, 0.05) is 102 Å². The van der Waals surface area contributed by atoms with Gasteiger partial charge in [-0.3, -0.25) is 44.3 Å². The Balaban J connectivity index is 0.000000182. The number of imidazole rings is 1. The maximum absolute atomic E-state index is 13.6. The van der Waals surface area contributed by atoms with E-state index in [-0.39, 0.29) is 53.3 Å². The molecule has 1 unspecified atom stereocenters. The SMILES string of the molecule is CC1CN=C(c2cc(Oc3ccc4ncc(C(=O)Nc5cc(OCCN6CCCC6)cc(C(F)(F)F)c5)cc4c3)ccn2)N1.Cc1cnc(-c2cc(Oc3ccc4ncc(C(=O)Nc5cc(OCCN6CCCC6)cc(C(F)(F)F)c5)cc4c3)ccn2)[nH]1. The summed E-state index contributed by atoms with van der Waals surface area (Å²) < 4.78 is 105. The predicted molar refractivity (Wildman–Crippen MR) is 320 cm³/mol. The van der Waals surface area contributed by atoms with Gasteiger partial charge in [0.05, 0.1) is 39.8 Å². The number of aromatic amines is 1. The number of carbonyl (C=O) groups is 2. The number of ether oxygens (including phenoxy) is 4. The zero-order valence-electron chi connectivity index (χ0n) is 47.8. The number of alkyl halides is 6. The number of aryl methyl sites for hydroxylation is 1. The number of anilines is 2. The van der Waals surface area contributed by atoms with Crippen LogP contribution in [0.1, 0.15) is 75.8 Å². The molecule has 18 nitrogen and oxygen atoms in total. The molecular weight excluding hydrogens is 1150 g/mol. The van der Waals surface area contributed by atoms with Crippen LogP contribution in [-0.4, -0.2) is 122 Å². The molecule has 4 N–H and O–H groups in total. The fourth-order valence-electron chi connectivity index (χ4n) is 10.2. The lowest BCUT2D eigenvalue weighted by atomic mass is 10.1. The summed E-state index contributed by atoms with van der Waals surface area (Å²) in [5, 5.41) is 9.65. The lowest BCUT2D eigenvalue weighted by molar-refractivity contribution is -0.138. The number of amides is 2. The van der Waals surface area contributed by atoms with Crippen molar-refractivity contribution in [3.8, 4) is 46.0 Å². The van der Waals surface area contributed by atoms with Crippen molar-refractivity contribution in [2.45, 2.75) is 57.9 Å². The van der Waals surface area contributed by atoms with Gasteiger partial charge in [-0.25, -0.2) is 4.98 Å². The molecule has 0 aliphatic carbocycles. The molecule has 454 valence electrons. The summed E-state index contributed by atoms with van der Waals surface area (Å²) in [6.07, 6.45) is 2.94. The molecule has 12 rings (SSSR count). The number of carbonyl (C=O) groups excluding carboxylic acids is 2. The van der Waals surface area contributed by atoms with E-state index >= 15 is 0 Å². The smallest absolute Gasteiger partial charge is 0.416 e. The Bertz CT molecular complexity index is 4020. The second-order valence-electron chi connectivity index (χ2n) is 21.5. The van der Waals surface area contributed by atoms with Gasteiger partial charge < -0.3 is 39.9 Å². The van der Waals surface area contributed by atoms with E-state index in [0.29, 0.717) is 87.5 Å². The summed E-state index contributed by atoms with van der Waals surface area (Å²) in [5.41, 5.74) is 1.90. The second-order valence-corrected chi connectivity index (χ2v) is 21.5. The minimum atomic E-state index is -4.61. The van der Waals surface area contributed by atoms with Gasteiger partial charge in [-0.1, -0.05) is 0 Å². The summed E-state index contributed by atoms with van der Waals surface area (Å²) >= 11 is 0. The Morgan fingerprint density at radius 1 is 0.557 bits per heavy atom. The highest BCUT2D eigenvalue weighted by molar-refractivity contribution is 6.07. The topological polar surface area (TPSA) is 206 Å². The maximum Gasteiger partial charge on any atom is 0.416 e. The summed E-state index contributed by atoms with van der Waals surface area (Å²) in [7, 11) is 0. The van der Waals surface area contributed by atoms with Crippen molar-refractivity contribution in [3.05, 3.63) is 174 Å². The fraction of sp³-hybridized carbons (Fsp3) is 0.281. The van der Waals surface area contributed by atoms with Crippen molar-refractivity contribution >= 4 is 50.8 Å². The van der Waals surface area contributed by atoms with Gasteiger partial charge in [0.25, 0.3) is 11.8 Å². The number of pyridine rings is 4. The van der Waals surface area contributed by atoms with Crippen LogP contribution in [0.4, 0.5) is 37.7 Å². The number of halogens is 6. The van der Waals surface area contributed by atoms with E-state index in [1.165, 1.54) is 24.5 Å². The van der Waals surface area contributed by atoms with Crippen LogP contribution in [0, 0.1) is 6.92 Å². The first-order valence-electron chi connectivity index (χ1n) is 28.6. The van der Waals surface area contributed by atoms with Gasteiger partial charge in [-0.2, -0.15) is 26.3 Å². The van der Waals surface area contributed by atoms with E-state index < -0.39 is 35.3 Å². The molecule has 1 atom stereocenters. The number of aromatic nitrogens is 6. The van der Waals surface area contributed by atoms with Crippen molar-refractivity contribution in [3.63, 3.8) is 0 Å². The summed E-state index contributed by atoms with van der Waals surface area (Å²) in [5.74, 6) is 2.29. The second kappa shape index (κ2) is 26.5. The molecule has 9 aromatic rings. The normalized spacial score (nSPS) is 15.3. The molecule has 0 bridgehead atoms. The molecular formula is C64H60F6N12O6. The average molecular weight is 1210 g/mol. The third kappa shape index (κ3) is 15.7. The van der Waals surface area contributed by atoms with Crippen LogP contribution < -0.4 is 34.9 Å². The van der Waals surface area contributed by atoms with Gasteiger partial charge in [-0.15, -0.1) is 0 Å². The maximum atomic E-state index is 13.6. The lowest BCUT2D eigenvalue weighted by Crippen LogP contribution is -2.28. The van der Waals surface area contributed by atoms with Crippen LogP contribution in [0.3, 0.4) is 0 Å². The minimum Gasteiger partial charge on any atom is -0.492 e. The van der Waals surface area contributed by atoms with E-state index in [9.17, 15) is 35.9 Å². The number of fused-ring (bicyclic) bond motifs is 2. The molecule has 3 aliphatic heterocycles. The van der Waals surface area contributed by atoms with Crippen molar-refractivity contribution in [1.82, 2.24) is 45.0 Å². The number of rotatable bonds is 18. The number of likely N-dealkylation sites (tertiary alicyclic amines) is 2. The first kappa shape index (κ1) is 60.0. The van der Waals surface area contributed by atoms with Crippen molar-refractivity contribution in [1.29, 1.82) is 0 Å². The number of H-pyrrole nitrogens is 1. The number of benzene rings is 4. The van der Waals surface area contributed by atoms with E-state index in [1.807, 2.05) is 13.8 Å². The average Bonchev–Trinajstić information content (AvgIpc) is 2.17. The Hall–Kier alpha value is -9.68. The van der Waals surface area contributed by atoms with Crippen molar-refractivity contribution < 1.29 is 54.9 Å². The van der Waals surface area contributed by atoms with Crippen LogP contribution in [0.5, 0.6) is 34.5 Å². The molecule has 2 amide bonds. The quantitative estimate of drug-likeness (QED) is 0.0590. The fourth-order valence-corrected chi connectivity index (χ4v) is 10.2. The number of amidine groups is 1. The largest absolute Gasteiger partial charge is 0.492 e. The zero-order chi connectivity index (χ0) is 61.4. The monoisotopic (exact) mass is 1210 g/mol. The highest BCUT2D eigenvalue weighted by Gasteiger charge is 2.33.